The van der Waals surface area contributed by atoms with E-state index in [-0.39, 0.29) is 5.54 Å². The fourth-order valence-electron chi connectivity index (χ4n) is 0.988. The van der Waals surface area contributed by atoms with Crippen LogP contribution in [0.15, 0.2) is 12.3 Å². The highest BCUT2D eigenvalue weighted by molar-refractivity contribution is 5.25. The number of hydrogen-bond donors (Lipinski definition) is 1. The summed E-state index contributed by atoms with van der Waals surface area (Å²) < 4.78 is 0. The molecule has 15 heavy (non-hydrogen) atoms. The Labute approximate surface area is 91.7 Å². The maximum absolute atomic E-state index is 4.29. The van der Waals surface area contributed by atoms with E-state index in [2.05, 4.69) is 48.1 Å². The fourth-order valence-corrected chi connectivity index (χ4v) is 0.988. The van der Waals surface area contributed by atoms with Crippen LogP contribution < -0.4 is 5.32 Å². The van der Waals surface area contributed by atoms with Crippen LogP contribution in [0.25, 0.3) is 0 Å². The van der Waals surface area contributed by atoms with Crippen molar-refractivity contribution < 1.29 is 0 Å². The van der Waals surface area contributed by atoms with Gasteiger partial charge in [-0.2, -0.15) is 0 Å². The third kappa shape index (κ3) is 3.47. The number of nitrogens with zero attached hydrogens (tertiary/aromatic N) is 3. The molecule has 0 unspecified atom stereocenters. The van der Waals surface area contributed by atoms with Crippen LogP contribution in [0.5, 0.6) is 0 Å². The Morgan fingerprint density at radius 2 is 2.07 bits per heavy atom. The molecule has 0 fully saturated rings. The lowest BCUT2D eigenvalue weighted by atomic mass is 10.1. The minimum absolute atomic E-state index is 0.0904. The summed E-state index contributed by atoms with van der Waals surface area (Å²) >= 11 is 0. The number of anilines is 1. The van der Waals surface area contributed by atoms with Gasteiger partial charge in [-0.1, -0.05) is 0 Å². The van der Waals surface area contributed by atoms with Crippen molar-refractivity contribution in [2.24, 2.45) is 0 Å². The van der Waals surface area contributed by atoms with Crippen molar-refractivity contribution in [3.05, 3.63) is 18.0 Å². The zero-order valence-electron chi connectivity index (χ0n) is 10.2. The van der Waals surface area contributed by atoms with E-state index in [0.29, 0.717) is 5.95 Å². The summed E-state index contributed by atoms with van der Waals surface area (Å²) in [6.45, 7) is 7.14. The fraction of sp³-hybridized carbons (Fsp3) is 0.636. The Hall–Kier alpha value is -1.16. The van der Waals surface area contributed by atoms with E-state index in [0.717, 1.165) is 12.2 Å². The highest BCUT2D eigenvalue weighted by Crippen LogP contribution is 2.10. The van der Waals surface area contributed by atoms with Crippen LogP contribution >= 0.6 is 0 Å². The number of rotatable bonds is 4. The first-order valence-electron chi connectivity index (χ1n) is 5.13. The minimum Gasteiger partial charge on any atom is -0.352 e. The van der Waals surface area contributed by atoms with E-state index in [1.54, 1.807) is 6.20 Å². The molecule has 1 aromatic heterocycles. The monoisotopic (exact) mass is 208 g/mol. The molecule has 1 aromatic rings. The number of aryl methyl sites for hydroxylation is 1. The number of nitrogens with one attached hydrogen (secondary N) is 1. The van der Waals surface area contributed by atoms with Crippen LogP contribution in [0.3, 0.4) is 0 Å². The molecule has 4 heteroatoms. The van der Waals surface area contributed by atoms with Gasteiger partial charge >= 0.3 is 0 Å². The lowest BCUT2D eigenvalue weighted by Crippen LogP contribution is -2.44. The molecule has 0 aliphatic rings. The Kier molecular flexibility index (Phi) is 3.63. The van der Waals surface area contributed by atoms with E-state index in [1.807, 2.05) is 13.0 Å². The second kappa shape index (κ2) is 4.57. The number of likely N-dealkylation sites (N-methyl/N-ethyl adjacent to an activating group) is 1. The van der Waals surface area contributed by atoms with Crippen LogP contribution in [-0.2, 0) is 0 Å². The molecule has 0 spiro atoms. The van der Waals surface area contributed by atoms with Gasteiger partial charge in [-0.05, 0) is 40.9 Å². The highest BCUT2D eigenvalue weighted by atomic mass is 15.2. The second-order valence-electron chi connectivity index (χ2n) is 4.58. The van der Waals surface area contributed by atoms with E-state index >= 15 is 0 Å². The zero-order chi connectivity index (χ0) is 11.5. The molecule has 0 aliphatic carbocycles. The SMILES string of the molecule is Cc1ccnc(NCC(C)(C)N(C)C)n1. The summed E-state index contributed by atoms with van der Waals surface area (Å²) in [5.41, 5.74) is 1.07. The van der Waals surface area contributed by atoms with E-state index in [4.69, 9.17) is 0 Å². The maximum atomic E-state index is 4.29. The predicted octanol–water partition coefficient (Wildman–Crippen LogP) is 1.54. The molecular formula is C11H20N4. The van der Waals surface area contributed by atoms with Gasteiger partial charge in [0.2, 0.25) is 5.95 Å². The summed E-state index contributed by atoms with van der Waals surface area (Å²) in [6, 6.07) is 1.89. The third-order valence-corrected chi connectivity index (χ3v) is 2.68. The van der Waals surface area contributed by atoms with Gasteiger partial charge in [0.15, 0.2) is 0 Å². The van der Waals surface area contributed by atoms with Crippen molar-refractivity contribution in [2.45, 2.75) is 26.3 Å². The minimum atomic E-state index is 0.0904. The number of aromatic nitrogens is 2. The second-order valence-corrected chi connectivity index (χ2v) is 4.58. The molecule has 0 aromatic carbocycles. The molecule has 0 aliphatic heterocycles. The van der Waals surface area contributed by atoms with E-state index < -0.39 is 0 Å². The largest absolute Gasteiger partial charge is 0.352 e. The molecule has 0 saturated heterocycles. The molecule has 0 saturated carbocycles. The average molecular weight is 208 g/mol. The lowest BCUT2D eigenvalue weighted by Gasteiger charge is -2.32. The van der Waals surface area contributed by atoms with Crippen LogP contribution in [0, 0.1) is 6.92 Å². The summed E-state index contributed by atoms with van der Waals surface area (Å²) in [6.07, 6.45) is 1.77. The average Bonchev–Trinajstić information content (AvgIpc) is 2.15. The van der Waals surface area contributed by atoms with Crippen molar-refractivity contribution >= 4 is 5.95 Å². The first kappa shape index (κ1) is 11.9. The van der Waals surface area contributed by atoms with Crippen molar-refractivity contribution in [3.8, 4) is 0 Å². The van der Waals surface area contributed by atoms with Crippen molar-refractivity contribution in [1.29, 1.82) is 0 Å². The summed E-state index contributed by atoms with van der Waals surface area (Å²) in [5.74, 6) is 0.699. The quantitative estimate of drug-likeness (QED) is 0.815. The summed E-state index contributed by atoms with van der Waals surface area (Å²) in [7, 11) is 4.14. The van der Waals surface area contributed by atoms with Gasteiger partial charge in [0, 0.05) is 24.0 Å². The van der Waals surface area contributed by atoms with Gasteiger partial charge in [0.05, 0.1) is 0 Å². The van der Waals surface area contributed by atoms with Gasteiger partial charge in [-0.15, -0.1) is 0 Å². The topological polar surface area (TPSA) is 41.1 Å². The van der Waals surface area contributed by atoms with Crippen molar-refractivity contribution in [3.63, 3.8) is 0 Å². The molecule has 4 nitrogen and oxygen atoms in total. The Morgan fingerprint density at radius 3 is 2.60 bits per heavy atom. The standard InChI is InChI=1S/C11H20N4/c1-9-6-7-12-10(14-9)13-8-11(2,3)15(4)5/h6-7H,8H2,1-5H3,(H,12,13,14). The van der Waals surface area contributed by atoms with Crippen LogP contribution in [0.4, 0.5) is 5.95 Å². The molecule has 1 rings (SSSR count). The predicted molar refractivity (Wildman–Crippen MR) is 63.0 cm³/mol. The summed E-state index contributed by atoms with van der Waals surface area (Å²) in [5, 5.41) is 3.24. The molecule has 84 valence electrons. The normalized spacial score (nSPS) is 11.9. The van der Waals surface area contributed by atoms with E-state index in [1.165, 1.54) is 0 Å². The molecular weight excluding hydrogens is 188 g/mol. The molecule has 0 bridgehead atoms. The van der Waals surface area contributed by atoms with Crippen LogP contribution in [0.1, 0.15) is 19.5 Å². The highest BCUT2D eigenvalue weighted by Gasteiger charge is 2.20. The summed E-state index contributed by atoms with van der Waals surface area (Å²) in [4.78, 5) is 10.6. The third-order valence-electron chi connectivity index (χ3n) is 2.68. The molecule has 0 radical (unpaired) electrons. The zero-order valence-corrected chi connectivity index (χ0v) is 10.2. The van der Waals surface area contributed by atoms with Gasteiger partial charge in [-0.25, -0.2) is 9.97 Å². The van der Waals surface area contributed by atoms with Gasteiger partial charge in [-0.3, -0.25) is 0 Å². The van der Waals surface area contributed by atoms with Gasteiger partial charge < -0.3 is 10.2 Å². The van der Waals surface area contributed by atoms with Crippen molar-refractivity contribution in [1.82, 2.24) is 14.9 Å². The first-order valence-corrected chi connectivity index (χ1v) is 5.13. The van der Waals surface area contributed by atoms with Gasteiger partial charge in [0.1, 0.15) is 0 Å². The molecule has 0 amide bonds. The Balaban J connectivity index is 2.57. The molecule has 0 atom stereocenters. The molecule has 1 N–H and O–H groups in total. The van der Waals surface area contributed by atoms with E-state index in [9.17, 15) is 0 Å². The van der Waals surface area contributed by atoms with Crippen LogP contribution in [0.2, 0.25) is 0 Å². The maximum Gasteiger partial charge on any atom is 0.222 e. The molecule has 1 heterocycles. The Morgan fingerprint density at radius 1 is 1.40 bits per heavy atom. The van der Waals surface area contributed by atoms with Gasteiger partial charge in [0.25, 0.3) is 0 Å². The van der Waals surface area contributed by atoms with Crippen molar-refractivity contribution in [2.75, 3.05) is 26.0 Å². The number of hydrogen-bond acceptors (Lipinski definition) is 4. The lowest BCUT2D eigenvalue weighted by molar-refractivity contribution is 0.209. The Bertz CT molecular complexity index is 320. The first-order chi connectivity index (χ1) is 6.92. The van der Waals surface area contributed by atoms with Crippen LogP contribution in [-0.4, -0.2) is 41.0 Å². The smallest absolute Gasteiger partial charge is 0.222 e.